The van der Waals surface area contributed by atoms with Crippen LogP contribution in [0, 0.1) is 11.8 Å². The van der Waals surface area contributed by atoms with Crippen molar-refractivity contribution in [1.29, 1.82) is 0 Å². The molecule has 1 amide bonds. The molecule has 19 heavy (non-hydrogen) atoms. The molecule has 1 aromatic heterocycles. The van der Waals surface area contributed by atoms with Gasteiger partial charge in [0.05, 0.1) is 23.2 Å². The molecule has 1 heterocycles. The van der Waals surface area contributed by atoms with Gasteiger partial charge in [-0.1, -0.05) is 11.8 Å². The highest BCUT2D eigenvalue weighted by molar-refractivity contribution is 7.10. The predicted molar refractivity (Wildman–Crippen MR) is 76.2 cm³/mol. The summed E-state index contributed by atoms with van der Waals surface area (Å²) in [6, 6.07) is 1.76. The van der Waals surface area contributed by atoms with E-state index in [9.17, 15) is 9.90 Å². The van der Waals surface area contributed by atoms with Crippen molar-refractivity contribution in [3.05, 3.63) is 21.9 Å². The minimum Gasteiger partial charge on any atom is -0.395 e. The molecule has 0 aliphatic carbocycles. The zero-order valence-electron chi connectivity index (χ0n) is 11.2. The van der Waals surface area contributed by atoms with Crippen LogP contribution < -0.4 is 0 Å². The molecule has 5 heteroatoms. The van der Waals surface area contributed by atoms with Gasteiger partial charge in [-0.15, -0.1) is 11.3 Å². The van der Waals surface area contributed by atoms with Gasteiger partial charge in [0.2, 0.25) is 0 Å². The van der Waals surface area contributed by atoms with Crippen molar-refractivity contribution in [2.24, 2.45) is 0 Å². The maximum absolute atomic E-state index is 12.1. The Morgan fingerprint density at radius 3 is 2.95 bits per heavy atom. The SMILES string of the molecule is CC(O)CCN(C)C(=O)c1csc(C#CCCO)c1. The highest BCUT2D eigenvalue weighted by Gasteiger charge is 2.13. The number of hydrogen-bond acceptors (Lipinski definition) is 4. The Hall–Kier alpha value is -1.35. The largest absolute Gasteiger partial charge is 0.395 e. The molecule has 0 fully saturated rings. The zero-order valence-corrected chi connectivity index (χ0v) is 12.0. The van der Waals surface area contributed by atoms with Crippen LogP contribution in [0.3, 0.4) is 0 Å². The van der Waals surface area contributed by atoms with Crippen molar-refractivity contribution in [2.45, 2.75) is 25.9 Å². The van der Waals surface area contributed by atoms with E-state index in [1.165, 1.54) is 11.3 Å². The molecule has 0 saturated carbocycles. The minimum atomic E-state index is -0.405. The summed E-state index contributed by atoms with van der Waals surface area (Å²) >= 11 is 1.42. The smallest absolute Gasteiger partial charge is 0.254 e. The standard InChI is InChI=1S/C14H19NO3S/c1-11(17)6-7-15(2)14(18)12-9-13(19-10-12)5-3-4-8-16/h9-11,16-17H,4,6-8H2,1-2H3. The number of rotatable bonds is 5. The highest BCUT2D eigenvalue weighted by Crippen LogP contribution is 2.15. The van der Waals surface area contributed by atoms with E-state index in [0.717, 1.165) is 4.88 Å². The van der Waals surface area contributed by atoms with Crippen LogP contribution >= 0.6 is 11.3 Å². The molecule has 1 aromatic rings. The number of amides is 1. The van der Waals surface area contributed by atoms with Crippen LogP contribution in [0.2, 0.25) is 0 Å². The summed E-state index contributed by atoms with van der Waals surface area (Å²) in [6.45, 7) is 2.28. The summed E-state index contributed by atoms with van der Waals surface area (Å²) in [5.74, 6) is 5.67. The van der Waals surface area contributed by atoms with Crippen molar-refractivity contribution in [3.63, 3.8) is 0 Å². The molecule has 0 saturated heterocycles. The third-order valence-electron chi connectivity index (χ3n) is 2.52. The first-order valence-corrected chi connectivity index (χ1v) is 7.04. The molecule has 0 radical (unpaired) electrons. The molecule has 0 aliphatic heterocycles. The van der Waals surface area contributed by atoms with Crippen LogP contribution in [0.1, 0.15) is 35.0 Å². The fourth-order valence-corrected chi connectivity index (χ4v) is 2.17. The summed E-state index contributed by atoms with van der Waals surface area (Å²) in [7, 11) is 1.72. The summed E-state index contributed by atoms with van der Waals surface area (Å²) in [6.07, 6.45) is 0.600. The van der Waals surface area contributed by atoms with Gasteiger partial charge in [-0.25, -0.2) is 0 Å². The number of aliphatic hydroxyl groups is 2. The first-order valence-electron chi connectivity index (χ1n) is 6.16. The molecule has 1 atom stereocenters. The second-order valence-electron chi connectivity index (χ2n) is 4.34. The monoisotopic (exact) mass is 281 g/mol. The Morgan fingerprint density at radius 2 is 2.32 bits per heavy atom. The third-order valence-corrected chi connectivity index (χ3v) is 3.37. The summed E-state index contributed by atoms with van der Waals surface area (Å²) in [5.41, 5.74) is 0.617. The lowest BCUT2D eigenvalue weighted by molar-refractivity contribution is 0.0769. The summed E-state index contributed by atoms with van der Waals surface area (Å²) in [4.78, 5) is 14.5. The van der Waals surface area contributed by atoms with Gasteiger partial charge in [0.25, 0.3) is 5.91 Å². The summed E-state index contributed by atoms with van der Waals surface area (Å²) < 4.78 is 0. The lowest BCUT2D eigenvalue weighted by atomic mass is 10.2. The van der Waals surface area contributed by atoms with E-state index in [1.807, 2.05) is 0 Å². The van der Waals surface area contributed by atoms with Gasteiger partial charge in [0, 0.05) is 25.4 Å². The lowest BCUT2D eigenvalue weighted by Crippen LogP contribution is -2.29. The van der Waals surface area contributed by atoms with E-state index in [4.69, 9.17) is 5.11 Å². The number of carbonyl (C=O) groups is 1. The Bertz CT molecular complexity index is 471. The van der Waals surface area contributed by atoms with E-state index in [0.29, 0.717) is 24.9 Å². The number of aliphatic hydroxyl groups excluding tert-OH is 2. The first-order chi connectivity index (χ1) is 9.04. The predicted octanol–water partition coefficient (Wildman–Crippen LogP) is 1.32. The van der Waals surface area contributed by atoms with Crippen LogP contribution in [0.5, 0.6) is 0 Å². The van der Waals surface area contributed by atoms with Gasteiger partial charge in [-0.3, -0.25) is 4.79 Å². The van der Waals surface area contributed by atoms with E-state index in [-0.39, 0.29) is 12.5 Å². The summed E-state index contributed by atoms with van der Waals surface area (Å²) in [5, 5.41) is 19.6. The number of carbonyl (C=O) groups excluding carboxylic acids is 1. The van der Waals surface area contributed by atoms with Crippen LogP contribution in [-0.2, 0) is 0 Å². The molecule has 104 valence electrons. The third kappa shape index (κ3) is 5.43. The second-order valence-corrected chi connectivity index (χ2v) is 5.25. The van der Waals surface area contributed by atoms with Crippen molar-refractivity contribution >= 4 is 17.2 Å². The maximum atomic E-state index is 12.1. The minimum absolute atomic E-state index is 0.0479. The second kappa shape index (κ2) is 7.95. The number of nitrogens with zero attached hydrogens (tertiary/aromatic N) is 1. The van der Waals surface area contributed by atoms with Crippen LogP contribution in [0.15, 0.2) is 11.4 Å². The van der Waals surface area contributed by atoms with Gasteiger partial charge in [0.1, 0.15) is 0 Å². The van der Waals surface area contributed by atoms with Crippen LogP contribution in [0.4, 0.5) is 0 Å². The fraction of sp³-hybridized carbons (Fsp3) is 0.500. The fourth-order valence-electron chi connectivity index (χ4n) is 1.42. The Labute approximate surface area is 117 Å². The molecular formula is C14H19NO3S. The quantitative estimate of drug-likeness (QED) is 0.800. The molecular weight excluding hydrogens is 262 g/mol. The Balaban J connectivity index is 2.60. The van der Waals surface area contributed by atoms with Gasteiger partial charge < -0.3 is 15.1 Å². The normalized spacial score (nSPS) is 11.6. The van der Waals surface area contributed by atoms with Gasteiger partial charge in [-0.05, 0) is 19.4 Å². The van der Waals surface area contributed by atoms with Crippen LogP contribution in [0.25, 0.3) is 0 Å². The lowest BCUT2D eigenvalue weighted by Gasteiger charge is -2.17. The van der Waals surface area contributed by atoms with Gasteiger partial charge in [-0.2, -0.15) is 0 Å². The van der Waals surface area contributed by atoms with Crippen molar-refractivity contribution in [1.82, 2.24) is 4.90 Å². The molecule has 0 bridgehead atoms. The molecule has 4 nitrogen and oxygen atoms in total. The number of thiophene rings is 1. The van der Waals surface area contributed by atoms with E-state index in [1.54, 1.807) is 30.3 Å². The topological polar surface area (TPSA) is 60.8 Å². The Kier molecular flexibility index (Phi) is 6.57. The highest BCUT2D eigenvalue weighted by atomic mass is 32.1. The van der Waals surface area contributed by atoms with E-state index in [2.05, 4.69) is 11.8 Å². The van der Waals surface area contributed by atoms with Crippen LogP contribution in [-0.4, -0.2) is 47.3 Å². The number of hydrogen-bond donors (Lipinski definition) is 2. The molecule has 1 unspecified atom stereocenters. The maximum Gasteiger partial charge on any atom is 0.254 e. The Morgan fingerprint density at radius 1 is 1.58 bits per heavy atom. The molecule has 0 spiro atoms. The average Bonchev–Trinajstić information content (AvgIpc) is 2.84. The van der Waals surface area contributed by atoms with Crippen molar-refractivity contribution < 1.29 is 15.0 Å². The molecule has 0 aliphatic rings. The van der Waals surface area contributed by atoms with E-state index >= 15 is 0 Å². The molecule has 2 N–H and O–H groups in total. The van der Waals surface area contributed by atoms with Crippen molar-refractivity contribution in [2.75, 3.05) is 20.2 Å². The zero-order chi connectivity index (χ0) is 14.3. The van der Waals surface area contributed by atoms with Gasteiger partial charge >= 0.3 is 0 Å². The average molecular weight is 281 g/mol. The van der Waals surface area contributed by atoms with Gasteiger partial charge in [0.15, 0.2) is 0 Å². The first kappa shape index (κ1) is 15.7. The molecule has 0 aromatic carbocycles. The molecule has 1 rings (SSSR count). The van der Waals surface area contributed by atoms with Crippen molar-refractivity contribution in [3.8, 4) is 11.8 Å². The van der Waals surface area contributed by atoms with E-state index < -0.39 is 6.10 Å².